The van der Waals surface area contributed by atoms with Gasteiger partial charge >= 0.3 is 0 Å². The van der Waals surface area contributed by atoms with E-state index in [0.29, 0.717) is 0 Å². The molecular weight excluding hydrogens is 252 g/mol. The largest absolute Gasteiger partial charge is 0.454 e. The fourth-order valence-electron chi connectivity index (χ4n) is 2.52. The summed E-state index contributed by atoms with van der Waals surface area (Å²) in [5.74, 6) is 1.54. The third-order valence-corrected chi connectivity index (χ3v) is 3.42. The Morgan fingerprint density at radius 2 is 1.75 bits per heavy atom. The summed E-state index contributed by atoms with van der Waals surface area (Å²) in [4.78, 5) is 8.66. The number of aryl methyl sites for hydroxylation is 1. The van der Waals surface area contributed by atoms with E-state index in [4.69, 9.17) is 9.47 Å². The van der Waals surface area contributed by atoms with Crippen LogP contribution in [0.4, 0.5) is 0 Å². The maximum atomic E-state index is 5.47. The highest BCUT2D eigenvalue weighted by molar-refractivity contribution is 5.96. The minimum Gasteiger partial charge on any atom is -0.454 e. The van der Waals surface area contributed by atoms with Crippen LogP contribution >= 0.6 is 0 Å². The summed E-state index contributed by atoms with van der Waals surface area (Å²) in [5, 5.41) is 1.06. The second kappa shape index (κ2) is 4.20. The zero-order valence-corrected chi connectivity index (χ0v) is 11.0. The standard InChI is InChI=1S/C16H12N2O2/c1-10-6-12(11-2-4-17-5-3-11)13-7-15-16(20-9-19-15)8-14(13)18-10/h2-8H,9H2,1H3. The fourth-order valence-corrected chi connectivity index (χ4v) is 2.52. The number of ether oxygens (including phenoxy) is 2. The molecule has 0 bridgehead atoms. The molecule has 0 amide bonds. The molecule has 0 atom stereocenters. The molecule has 0 saturated carbocycles. The summed E-state index contributed by atoms with van der Waals surface area (Å²) >= 11 is 0. The van der Waals surface area contributed by atoms with E-state index in [1.807, 2.05) is 31.2 Å². The fraction of sp³-hybridized carbons (Fsp3) is 0.125. The van der Waals surface area contributed by atoms with Crippen LogP contribution in [0.1, 0.15) is 5.69 Å². The molecule has 1 aliphatic rings. The number of nitrogens with zero attached hydrogens (tertiary/aromatic N) is 2. The molecule has 0 aliphatic carbocycles. The first-order valence-electron chi connectivity index (χ1n) is 6.43. The molecule has 0 fully saturated rings. The smallest absolute Gasteiger partial charge is 0.231 e. The summed E-state index contributed by atoms with van der Waals surface area (Å²) in [7, 11) is 0. The molecule has 2 aromatic heterocycles. The van der Waals surface area contributed by atoms with Crippen molar-refractivity contribution in [2.24, 2.45) is 0 Å². The Morgan fingerprint density at radius 1 is 1.00 bits per heavy atom. The lowest BCUT2D eigenvalue weighted by Crippen LogP contribution is -1.92. The van der Waals surface area contributed by atoms with Gasteiger partial charge in [-0.25, -0.2) is 0 Å². The maximum Gasteiger partial charge on any atom is 0.231 e. The number of pyridine rings is 2. The average molecular weight is 264 g/mol. The van der Waals surface area contributed by atoms with E-state index in [1.165, 1.54) is 0 Å². The molecule has 1 aromatic carbocycles. The molecule has 0 radical (unpaired) electrons. The molecule has 0 saturated heterocycles. The van der Waals surface area contributed by atoms with Crippen LogP contribution in [0.3, 0.4) is 0 Å². The molecule has 0 N–H and O–H groups in total. The third kappa shape index (κ3) is 1.69. The average Bonchev–Trinajstić information content (AvgIpc) is 2.92. The third-order valence-electron chi connectivity index (χ3n) is 3.42. The predicted molar refractivity (Wildman–Crippen MR) is 75.8 cm³/mol. The van der Waals surface area contributed by atoms with Crippen LogP contribution in [0.15, 0.2) is 42.7 Å². The molecule has 4 nitrogen and oxygen atoms in total. The lowest BCUT2D eigenvalue weighted by atomic mass is 10.0. The van der Waals surface area contributed by atoms with Crippen LogP contribution in [-0.4, -0.2) is 16.8 Å². The van der Waals surface area contributed by atoms with Crippen LogP contribution in [0.25, 0.3) is 22.0 Å². The van der Waals surface area contributed by atoms with Gasteiger partial charge in [-0.3, -0.25) is 9.97 Å². The Morgan fingerprint density at radius 3 is 2.55 bits per heavy atom. The maximum absolute atomic E-state index is 5.47. The van der Waals surface area contributed by atoms with Gasteiger partial charge in [0.2, 0.25) is 6.79 Å². The topological polar surface area (TPSA) is 44.2 Å². The Labute approximate surface area is 116 Å². The molecule has 0 unspecified atom stereocenters. The van der Waals surface area contributed by atoms with Gasteiger partial charge in [0.1, 0.15) is 0 Å². The van der Waals surface area contributed by atoms with Crippen molar-refractivity contribution in [3.63, 3.8) is 0 Å². The van der Waals surface area contributed by atoms with E-state index in [9.17, 15) is 0 Å². The van der Waals surface area contributed by atoms with Gasteiger partial charge in [-0.05, 0) is 42.3 Å². The SMILES string of the molecule is Cc1cc(-c2ccncc2)c2cc3c(cc2n1)OCO3. The summed E-state index contributed by atoms with van der Waals surface area (Å²) in [6, 6.07) is 10.0. The molecular formula is C16H12N2O2. The molecule has 98 valence electrons. The highest BCUT2D eigenvalue weighted by Crippen LogP contribution is 2.39. The minimum absolute atomic E-state index is 0.273. The van der Waals surface area contributed by atoms with Gasteiger partial charge in [0.05, 0.1) is 5.52 Å². The van der Waals surface area contributed by atoms with Crippen LogP contribution in [0.2, 0.25) is 0 Å². The van der Waals surface area contributed by atoms with Gasteiger partial charge in [-0.15, -0.1) is 0 Å². The molecule has 4 heteroatoms. The van der Waals surface area contributed by atoms with Gasteiger partial charge < -0.3 is 9.47 Å². The normalized spacial score (nSPS) is 12.8. The van der Waals surface area contributed by atoms with E-state index >= 15 is 0 Å². The number of benzene rings is 1. The summed E-state index contributed by atoms with van der Waals surface area (Å²) in [6.45, 7) is 2.27. The number of aromatic nitrogens is 2. The number of rotatable bonds is 1. The monoisotopic (exact) mass is 264 g/mol. The molecule has 3 heterocycles. The molecule has 0 spiro atoms. The summed E-state index contributed by atoms with van der Waals surface area (Å²) in [6.07, 6.45) is 3.59. The van der Waals surface area contributed by atoms with Crippen LogP contribution in [0.5, 0.6) is 11.5 Å². The van der Waals surface area contributed by atoms with Crippen LogP contribution < -0.4 is 9.47 Å². The molecule has 4 rings (SSSR count). The van der Waals surface area contributed by atoms with Crippen molar-refractivity contribution in [1.29, 1.82) is 0 Å². The second-order valence-electron chi connectivity index (χ2n) is 4.77. The van der Waals surface area contributed by atoms with Crippen LogP contribution in [-0.2, 0) is 0 Å². The van der Waals surface area contributed by atoms with Gasteiger partial charge in [-0.2, -0.15) is 0 Å². The lowest BCUT2D eigenvalue weighted by molar-refractivity contribution is 0.174. The highest BCUT2D eigenvalue weighted by atomic mass is 16.7. The first kappa shape index (κ1) is 11.2. The van der Waals surface area contributed by atoms with Crippen molar-refractivity contribution >= 4 is 10.9 Å². The first-order chi connectivity index (χ1) is 9.81. The van der Waals surface area contributed by atoms with Crippen molar-refractivity contribution in [2.45, 2.75) is 6.92 Å². The van der Waals surface area contributed by atoms with E-state index < -0.39 is 0 Å². The summed E-state index contributed by atoms with van der Waals surface area (Å²) in [5.41, 5.74) is 4.15. The van der Waals surface area contributed by atoms with Gasteiger partial charge in [0.15, 0.2) is 11.5 Å². The van der Waals surface area contributed by atoms with E-state index in [-0.39, 0.29) is 6.79 Å². The zero-order valence-electron chi connectivity index (χ0n) is 11.0. The van der Waals surface area contributed by atoms with Crippen molar-refractivity contribution in [3.8, 4) is 22.6 Å². The second-order valence-corrected chi connectivity index (χ2v) is 4.77. The van der Waals surface area contributed by atoms with Gasteiger partial charge in [0, 0.05) is 29.5 Å². The Hall–Kier alpha value is -2.62. The number of fused-ring (bicyclic) bond motifs is 2. The summed E-state index contributed by atoms with van der Waals surface area (Å²) < 4.78 is 10.9. The molecule has 1 aliphatic heterocycles. The lowest BCUT2D eigenvalue weighted by Gasteiger charge is -2.09. The predicted octanol–water partition coefficient (Wildman–Crippen LogP) is 3.33. The molecule has 3 aromatic rings. The minimum atomic E-state index is 0.273. The van der Waals surface area contributed by atoms with E-state index in [1.54, 1.807) is 12.4 Å². The van der Waals surface area contributed by atoms with E-state index in [0.717, 1.165) is 39.2 Å². The molecule has 20 heavy (non-hydrogen) atoms. The first-order valence-corrected chi connectivity index (χ1v) is 6.43. The van der Waals surface area contributed by atoms with E-state index in [2.05, 4.69) is 16.0 Å². The number of hydrogen-bond acceptors (Lipinski definition) is 4. The Balaban J connectivity index is 2.05. The quantitative estimate of drug-likeness (QED) is 0.676. The van der Waals surface area contributed by atoms with Gasteiger partial charge in [0.25, 0.3) is 0 Å². The number of hydrogen-bond donors (Lipinski definition) is 0. The highest BCUT2D eigenvalue weighted by Gasteiger charge is 2.17. The van der Waals surface area contributed by atoms with Crippen molar-refractivity contribution in [1.82, 2.24) is 9.97 Å². The van der Waals surface area contributed by atoms with Crippen LogP contribution in [0, 0.1) is 6.92 Å². The van der Waals surface area contributed by atoms with Crippen molar-refractivity contribution < 1.29 is 9.47 Å². The van der Waals surface area contributed by atoms with Crippen molar-refractivity contribution in [3.05, 3.63) is 48.4 Å². The van der Waals surface area contributed by atoms with Gasteiger partial charge in [-0.1, -0.05) is 0 Å². The van der Waals surface area contributed by atoms with Crippen molar-refractivity contribution in [2.75, 3.05) is 6.79 Å². The Kier molecular flexibility index (Phi) is 2.36. The zero-order chi connectivity index (χ0) is 13.5. The Bertz CT molecular complexity index is 800.